The number of nitrogens with zero attached hydrogens (tertiary/aromatic N) is 5. The molecule has 5 rings (SSSR count). The van der Waals surface area contributed by atoms with E-state index in [9.17, 15) is 4.79 Å². The molecular weight excluding hydrogens is 596 g/mol. The molecule has 0 atom stereocenters. The summed E-state index contributed by atoms with van der Waals surface area (Å²) in [6.45, 7) is 7.60. The van der Waals surface area contributed by atoms with E-state index in [4.69, 9.17) is 38.0 Å². The quantitative estimate of drug-likeness (QED) is 0.160. The molecule has 2 fully saturated rings. The minimum absolute atomic E-state index is 0.103. The first-order valence-corrected chi connectivity index (χ1v) is 15.6. The van der Waals surface area contributed by atoms with E-state index in [1.807, 2.05) is 49.4 Å². The minimum atomic E-state index is -0.103. The third-order valence-corrected chi connectivity index (χ3v) is 8.61. The number of tetrazole rings is 1. The Morgan fingerprint density at radius 1 is 1.14 bits per heavy atom. The summed E-state index contributed by atoms with van der Waals surface area (Å²) in [5.74, 6) is 1.97. The Bertz CT molecular complexity index is 1420. The number of hydrogen-bond acceptors (Lipinski definition) is 10. The molecule has 0 spiro atoms. The van der Waals surface area contributed by atoms with Crippen molar-refractivity contribution in [3.8, 4) is 22.6 Å². The predicted molar refractivity (Wildman–Crippen MR) is 168 cm³/mol. The van der Waals surface area contributed by atoms with Gasteiger partial charge in [-0.1, -0.05) is 46.9 Å². The summed E-state index contributed by atoms with van der Waals surface area (Å²) in [4.78, 5) is 17.9. The number of aromatic amines is 1. The second kappa shape index (κ2) is 14.9. The molecule has 3 aromatic rings. The van der Waals surface area contributed by atoms with Crippen molar-refractivity contribution >= 4 is 51.9 Å². The van der Waals surface area contributed by atoms with E-state index in [2.05, 4.69) is 25.5 Å². The van der Waals surface area contributed by atoms with Gasteiger partial charge in [0.25, 0.3) is 5.91 Å². The van der Waals surface area contributed by atoms with Crippen LogP contribution in [0.1, 0.15) is 31.2 Å². The van der Waals surface area contributed by atoms with Crippen LogP contribution < -0.4 is 9.47 Å². The molecule has 2 aromatic carbocycles. The van der Waals surface area contributed by atoms with Gasteiger partial charge in [-0.25, -0.2) is 0 Å². The van der Waals surface area contributed by atoms with Crippen molar-refractivity contribution in [2.24, 2.45) is 0 Å². The van der Waals surface area contributed by atoms with Gasteiger partial charge in [-0.3, -0.25) is 14.6 Å². The van der Waals surface area contributed by atoms with Crippen molar-refractivity contribution in [2.75, 3.05) is 52.6 Å². The van der Waals surface area contributed by atoms with E-state index in [0.717, 1.165) is 68.1 Å². The van der Waals surface area contributed by atoms with Crippen molar-refractivity contribution in [1.29, 1.82) is 0 Å². The number of amides is 1. The van der Waals surface area contributed by atoms with Crippen LogP contribution in [-0.2, 0) is 16.0 Å². The summed E-state index contributed by atoms with van der Waals surface area (Å²) in [5, 5.41) is 14.6. The lowest BCUT2D eigenvalue weighted by atomic mass is 10.0. The molecule has 1 aromatic heterocycles. The van der Waals surface area contributed by atoms with Crippen LogP contribution in [0.5, 0.6) is 11.5 Å². The number of aromatic nitrogens is 4. The van der Waals surface area contributed by atoms with E-state index >= 15 is 0 Å². The van der Waals surface area contributed by atoms with Gasteiger partial charge in [0.2, 0.25) is 0 Å². The first-order chi connectivity index (χ1) is 20.5. The summed E-state index contributed by atoms with van der Waals surface area (Å²) in [5.41, 5.74) is 2.56. The van der Waals surface area contributed by atoms with Gasteiger partial charge < -0.3 is 14.2 Å². The lowest BCUT2D eigenvalue weighted by Gasteiger charge is -2.26. The number of carbonyl (C=O) groups is 1. The Morgan fingerprint density at radius 2 is 2.00 bits per heavy atom. The van der Waals surface area contributed by atoms with Gasteiger partial charge in [-0.2, -0.15) is 5.21 Å². The smallest absolute Gasteiger partial charge is 0.266 e. The van der Waals surface area contributed by atoms with E-state index in [1.165, 1.54) is 11.8 Å². The fourth-order valence-electron chi connectivity index (χ4n) is 4.73. The van der Waals surface area contributed by atoms with Crippen molar-refractivity contribution in [1.82, 2.24) is 30.4 Å². The van der Waals surface area contributed by atoms with Crippen LogP contribution in [0.3, 0.4) is 0 Å². The van der Waals surface area contributed by atoms with Gasteiger partial charge in [-0.05, 0) is 61.7 Å². The third-order valence-electron chi connectivity index (χ3n) is 6.92. The van der Waals surface area contributed by atoms with Crippen LogP contribution in [0, 0.1) is 0 Å². The highest BCUT2D eigenvalue weighted by Crippen LogP contribution is 2.38. The number of benzene rings is 2. The Hall–Kier alpha value is -3.03. The lowest BCUT2D eigenvalue weighted by molar-refractivity contribution is -0.122. The largest absolute Gasteiger partial charge is 0.494 e. The number of hydrogen-bond donors (Lipinski definition) is 1. The molecule has 1 N–H and O–H groups in total. The summed E-state index contributed by atoms with van der Waals surface area (Å²) in [6, 6.07) is 11.6. The molecular formula is C29H33ClN6O4S2. The van der Waals surface area contributed by atoms with Crippen LogP contribution in [0.25, 0.3) is 17.2 Å². The molecule has 2 saturated heterocycles. The Morgan fingerprint density at radius 3 is 2.76 bits per heavy atom. The fourth-order valence-corrected chi connectivity index (χ4v) is 6.31. The average Bonchev–Trinajstić information content (AvgIpc) is 3.60. The van der Waals surface area contributed by atoms with E-state index < -0.39 is 0 Å². The second-order valence-electron chi connectivity index (χ2n) is 9.75. The van der Waals surface area contributed by atoms with Crippen molar-refractivity contribution < 1.29 is 19.0 Å². The lowest BCUT2D eigenvalue weighted by Crippen LogP contribution is -2.38. The van der Waals surface area contributed by atoms with Crippen LogP contribution in [0.2, 0.25) is 5.02 Å². The van der Waals surface area contributed by atoms with Gasteiger partial charge in [0.15, 0.2) is 5.82 Å². The monoisotopic (exact) mass is 628 g/mol. The molecule has 222 valence electrons. The number of morpholine rings is 1. The molecule has 2 aliphatic heterocycles. The predicted octanol–water partition coefficient (Wildman–Crippen LogP) is 4.85. The summed E-state index contributed by atoms with van der Waals surface area (Å²) < 4.78 is 17.9. The summed E-state index contributed by atoms with van der Waals surface area (Å²) >= 11 is 13.5. The molecule has 0 radical (unpaired) electrons. The molecule has 42 heavy (non-hydrogen) atoms. The molecule has 0 bridgehead atoms. The first-order valence-electron chi connectivity index (χ1n) is 14.0. The number of halogens is 1. The molecule has 13 heteroatoms. The van der Waals surface area contributed by atoms with Gasteiger partial charge in [-0.15, -0.1) is 10.2 Å². The molecule has 10 nitrogen and oxygen atoms in total. The van der Waals surface area contributed by atoms with Crippen LogP contribution in [0.15, 0.2) is 41.3 Å². The normalized spacial score (nSPS) is 16.9. The minimum Gasteiger partial charge on any atom is -0.494 e. The van der Waals surface area contributed by atoms with E-state index in [-0.39, 0.29) is 5.91 Å². The van der Waals surface area contributed by atoms with Crippen LogP contribution in [0.4, 0.5) is 0 Å². The Kier molecular flexibility index (Phi) is 10.8. The maximum atomic E-state index is 13.4. The number of carbonyl (C=O) groups excluding carboxylic acids is 1. The highest BCUT2D eigenvalue weighted by atomic mass is 35.5. The number of nitrogens with one attached hydrogen (secondary N) is 1. The Balaban J connectivity index is 1.34. The molecule has 2 aliphatic rings. The highest BCUT2D eigenvalue weighted by molar-refractivity contribution is 8.26. The molecule has 0 aliphatic carbocycles. The maximum Gasteiger partial charge on any atom is 0.266 e. The SMILES string of the molecule is CCOc1ccc(-c2ccc(OCCN3CCOCC3)c(/C=C3\SC(=S)N(CCCCc4nn[nH]n4)C3=O)c2)c(Cl)c1. The van der Waals surface area contributed by atoms with Crippen LogP contribution in [-0.4, -0.2) is 93.3 Å². The number of thiocarbonyl (C=S) groups is 1. The second-order valence-corrected chi connectivity index (χ2v) is 11.8. The zero-order chi connectivity index (χ0) is 29.3. The van der Waals surface area contributed by atoms with Gasteiger partial charge >= 0.3 is 0 Å². The standard InChI is InChI=1S/C29H33ClN6O4S2/c1-2-39-22-7-8-23(24(30)19-22)20-6-9-25(40-16-13-35-11-14-38-15-12-35)21(17-20)18-26-28(37)36(29(41)42-26)10-4-3-5-27-31-33-34-32-27/h6-9,17-19H,2-5,10-16H2,1H3,(H,31,32,33,34)/b26-18-. The van der Waals surface area contributed by atoms with Crippen molar-refractivity contribution in [2.45, 2.75) is 26.2 Å². The number of H-pyrrole nitrogens is 1. The first kappa shape index (κ1) is 30.4. The van der Waals surface area contributed by atoms with E-state index in [1.54, 1.807) is 4.90 Å². The number of rotatable bonds is 13. The number of thioether (sulfide) groups is 1. The molecule has 0 saturated carbocycles. The van der Waals surface area contributed by atoms with Gasteiger partial charge in [0.05, 0.1) is 29.7 Å². The van der Waals surface area contributed by atoms with E-state index in [0.29, 0.717) is 52.0 Å². The zero-order valence-corrected chi connectivity index (χ0v) is 25.8. The van der Waals surface area contributed by atoms with Crippen molar-refractivity contribution in [3.63, 3.8) is 0 Å². The average molecular weight is 629 g/mol. The summed E-state index contributed by atoms with van der Waals surface area (Å²) in [7, 11) is 0. The van der Waals surface area contributed by atoms with Crippen LogP contribution >= 0.6 is 35.6 Å². The summed E-state index contributed by atoms with van der Waals surface area (Å²) in [6.07, 6.45) is 4.15. The number of aryl methyl sites for hydroxylation is 1. The highest BCUT2D eigenvalue weighted by Gasteiger charge is 2.32. The molecule has 1 amide bonds. The van der Waals surface area contributed by atoms with Gasteiger partial charge in [0.1, 0.15) is 22.4 Å². The fraction of sp³-hybridized carbons (Fsp3) is 0.414. The van der Waals surface area contributed by atoms with Crippen molar-refractivity contribution in [3.05, 3.63) is 57.7 Å². The molecule has 3 heterocycles. The third kappa shape index (κ3) is 7.87. The molecule has 0 unspecified atom stereocenters. The number of ether oxygens (including phenoxy) is 3. The number of unbranched alkanes of at least 4 members (excludes halogenated alkanes) is 1. The Labute approximate surface area is 259 Å². The maximum absolute atomic E-state index is 13.4. The zero-order valence-electron chi connectivity index (χ0n) is 23.4. The topological polar surface area (TPSA) is 106 Å². The van der Waals surface area contributed by atoms with Gasteiger partial charge in [0, 0.05) is 43.7 Å².